The van der Waals surface area contributed by atoms with E-state index in [0.717, 1.165) is 0 Å². The van der Waals surface area contributed by atoms with Crippen molar-refractivity contribution in [3.63, 3.8) is 0 Å². The Bertz CT molecular complexity index is 2690. The molecule has 0 aliphatic carbocycles. The molecule has 5 amide bonds. The van der Waals surface area contributed by atoms with Gasteiger partial charge in [-0.15, -0.1) is 12.3 Å². The monoisotopic (exact) mass is 888 g/mol. The summed E-state index contributed by atoms with van der Waals surface area (Å²) < 4.78 is 17.5. The summed E-state index contributed by atoms with van der Waals surface area (Å²) in [5.41, 5.74) is 2.26. The van der Waals surface area contributed by atoms with E-state index in [0.29, 0.717) is 39.4 Å². The highest BCUT2D eigenvalue weighted by atomic mass is 16.6. The number of terminal acetylenes is 1. The molecular formula is C51H48N6O9. The Hall–Kier alpha value is -8.69. The van der Waals surface area contributed by atoms with Crippen molar-refractivity contribution in [2.45, 2.75) is 58.8 Å². The second-order valence-electron chi connectivity index (χ2n) is 15.8. The zero-order valence-corrected chi connectivity index (χ0v) is 36.9. The number of carbonyl (C=O) groups excluding carboxylic acids is 6. The van der Waals surface area contributed by atoms with Gasteiger partial charge < -0.3 is 40.8 Å². The molecule has 0 saturated heterocycles. The molecule has 5 aromatic rings. The van der Waals surface area contributed by atoms with Crippen LogP contribution in [0.5, 0.6) is 11.5 Å². The molecule has 15 heteroatoms. The number of benzene rings is 5. The van der Waals surface area contributed by atoms with Crippen LogP contribution >= 0.6 is 0 Å². The third kappa shape index (κ3) is 13.4. The van der Waals surface area contributed by atoms with Crippen molar-refractivity contribution in [3.8, 4) is 29.9 Å². The molecule has 5 rings (SSSR count). The Morgan fingerprint density at radius 3 is 1.59 bits per heavy atom. The van der Waals surface area contributed by atoms with Gasteiger partial charge in [0.1, 0.15) is 18.2 Å². The summed E-state index contributed by atoms with van der Waals surface area (Å²) in [5, 5.41) is 22.7. The van der Waals surface area contributed by atoms with E-state index in [1.807, 2.05) is 6.07 Å². The molecule has 0 aliphatic rings. The summed E-state index contributed by atoms with van der Waals surface area (Å²) in [6.07, 6.45) is 6.47. The second kappa shape index (κ2) is 22.1. The Balaban J connectivity index is 1.24. The third-order valence-corrected chi connectivity index (χ3v) is 9.11. The van der Waals surface area contributed by atoms with E-state index >= 15 is 0 Å². The number of hydrogen-bond donors (Lipinski definition) is 5. The summed E-state index contributed by atoms with van der Waals surface area (Å²) in [7, 11) is 0. The van der Waals surface area contributed by atoms with Crippen molar-refractivity contribution in [2.24, 2.45) is 0 Å². The van der Waals surface area contributed by atoms with Gasteiger partial charge in [0.15, 0.2) is 11.5 Å². The molecule has 15 nitrogen and oxygen atoms in total. The SMILES string of the molecule is C#CC[C@H](NC(=O)c1ccc(NC(=O)c2ccc(C#N)cc2)cc1)C(=O)Nc1ccc(NC(=O)c2ccc(C(=O)Nc3ccc(C(=O)OC(C)(C)C)cc3)c(OCC=C)c2OC(C)C)cc1. The zero-order valence-electron chi connectivity index (χ0n) is 36.9. The van der Waals surface area contributed by atoms with E-state index in [9.17, 15) is 28.8 Å². The molecule has 0 aromatic heterocycles. The van der Waals surface area contributed by atoms with Crippen LogP contribution in [0.2, 0.25) is 0 Å². The minimum Gasteiger partial charge on any atom is -0.486 e. The molecule has 0 spiro atoms. The lowest BCUT2D eigenvalue weighted by Gasteiger charge is -2.21. The van der Waals surface area contributed by atoms with Crippen LogP contribution in [0.3, 0.4) is 0 Å². The third-order valence-electron chi connectivity index (χ3n) is 9.11. The molecule has 0 fully saturated rings. The van der Waals surface area contributed by atoms with E-state index in [2.05, 4.69) is 39.1 Å². The van der Waals surface area contributed by atoms with Gasteiger partial charge in [-0.3, -0.25) is 24.0 Å². The molecule has 5 N–H and O–H groups in total. The van der Waals surface area contributed by atoms with Gasteiger partial charge in [0.2, 0.25) is 5.91 Å². The molecule has 0 heterocycles. The van der Waals surface area contributed by atoms with Gasteiger partial charge >= 0.3 is 5.97 Å². The number of nitrogens with zero attached hydrogens (tertiary/aromatic N) is 1. The van der Waals surface area contributed by atoms with Crippen molar-refractivity contribution in [2.75, 3.05) is 27.9 Å². The number of anilines is 4. The average molecular weight is 889 g/mol. The van der Waals surface area contributed by atoms with Crippen LogP contribution in [-0.4, -0.2) is 59.9 Å². The van der Waals surface area contributed by atoms with Gasteiger partial charge in [0.25, 0.3) is 23.6 Å². The minimum absolute atomic E-state index is 0.00686. The van der Waals surface area contributed by atoms with Gasteiger partial charge in [-0.1, -0.05) is 12.7 Å². The Morgan fingerprint density at radius 1 is 0.652 bits per heavy atom. The van der Waals surface area contributed by atoms with Crippen LogP contribution in [0, 0.1) is 23.7 Å². The number of hydrogen-bond acceptors (Lipinski definition) is 10. The highest BCUT2D eigenvalue weighted by molar-refractivity contribution is 6.11. The van der Waals surface area contributed by atoms with Crippen LogP contribution in [0.15, 0.2) is 122 Å². The largest absolute Gasteiger partial charge is 0.486 e. The predicted octanol–water partition coefficient (Wildman–Crippen LogP) is 8.38. The lowest BCUT2D eigenvalue weighted by molar-refractivity contribution is -0.117. The van der Waals surface area contributed by atoms with Crippen molar-refractivity contribution >= 4 is 58.3 Å². The molecular weight excluding hydrogens is 841 g/mol. The minimum atomic E-state index is -1.11. The van der Waals surface area contributed by atoms with Gasteiger partial charge in [-0.2, -0.15) is 5.26 Å². The van der Waals surface area contributed by atoms with E-state index in [1.54, 1.807) is 71.0 Å². The van der Waals surface area contributed by atoms with Gasteiger partial charge in [0.05, 0.1) is 34.4 Å². The lowest BCUT2D eigenvalue weighted by Crippen LogP contribution is -2.43. The first kappa shape index (κ1) is 48.3. The van der Waals surface area contributed by atoms with Crippen molar-refractivity contribution in [3.05, 3.63) is 155 Å². The van der Waals surface area contributed by atoms with Crippen molar-refractivity contribution in [1.82, 2.24) is 5.32 Å². The van der Waals surface area contributed by atoms with Gasteiger partial charge in [-0.25, -0.2) is 4.79 Å². The van der Waals surface area contributed by atoms with Crippen molar-refractivity contribution in [1.29, 1.82) is 5.26 Å². The van der Waals surface area contributed by atoms with Crippen LogP contribution < -0.4 is 36.1 Å². The van der Waals surface area contributed by atoms with Crippen LogP contribution in [0.1, 0.15) is 98.4 Å². The van der Waals surface area contributed by atoms with Gasteiger partial charge in [-0.05, 0) is 144 Å². The molecule has 66 heavy (non-hydrogen) atoms. The zero-order chi connectivity index (χ0) is 48.0. The first-order valence-corrected chi connectivity index (χ1v) is 20.6. The topological polar surface area (TPSA) is 214 Å². The summed E-state index contributed by atoms with van der Waals surface area (Å²) in [4.78, 5) is 79.0. The summed E-state index contributed by atoms with van der Waals surface area (Å²) in [6.45, 7) is 12.5. The summed E-state index contributed by atoms with van der Waals surface area (Å²) >= 11 is 0. The number of carbonyl (C=O) groups is 6. The maximum atomic E-state index is 13.8. The maximum absolute atomic E-state index is 13.8. The quantitative estimate of drug-likeness (QED) is 0.0342. The molecule has 0 saturated carbocycles. The maximum Gasteiger partial charge on any atom is 0.338 e. The van der Waals surface area contributed by atoms with E-state index in [1.165, 1.54) is 78.9 Å². The number of nitrogens with one attached hydrogen (secondary N) is 5. The molecule has 336 valence electrons. The van der Waals surface area contributed by atoms with E-state index < -0.39 is 53.3 Å². The van der Waals surface area contributed by atoms with Crippen LogP contribution in [0.25, 0.3) is 0 Å². The Labute approximate surface area is 382 Å². The smallest absolute Gasteiger partial charge is 0.338 e. The molecule has 0 unspecified atom stereocenters. The Morgan fingerprint density at radius 2 is 1.11 bits per heavy atom. The first-order chi connectivity index (χ1) is 31.5. The van der Waals surface area contributed by atoms with Crippen LogP contribution in [0.4, 0.5) is 22.7 Å². The molecule has 0 aliphatic heterocycles. The van der Waals surface area contributed by atoms with E-state index in [4.69, 9.17) is 25.9 Å². The standard InChI is InChI=1S/C51H48N6O9/c1-8-10-42(57-46(59)34-15-19-36(20-16-34)53-45(58)33-13-11-32(30-52)12-14-33)49(62)56-39-25-23-38(24-26-39)55-48(61)41-28-27-40(43(64-29-9-2)44(41)65-31(3)4)47(60)54-37-21-17-35(18-22-37)50(63)66-51(5,6)7/h1,9,11-28,31,42H,2,10,29H2,3-7H3,(H,53,58)(H,54,60)(H,55,61)(H,56,62)(H,57,59)/t42-/m0/s1. The van der Waals surface area contributed by atoms with Gasteiger partial charge in [0, 0.05) is 40.3 Å². The summed E-state index contributed by atoms with van der Waals surface area (Å²) in [6, 6.07) is 28.3. The first-order valence-electron chi connectivity index (χ1n) is 20.6. The summed E-state index contributed by atoms with van der Waals surface area (Å²) in [5.74, 6) is -0.798. The highest BCUT2D eigenvalue weighted by Crippen LogP contribution is 2.37. The normalized spacial score (nSPS) is 11.1. The molecule has 1 atom stereocenters. The molecule has 5 aromatic carbocycles. The fourth-order valence-electron chi connectivity index (χ4n) is 6.02. The second-order valence-corrected chi connectivity index (χ2v) is 15.8. The average Bonchev–Trinajstić information content (AvgIpc) is 3.28. The molecule has 0 radical (unpaired) electrons. The molecule has 0 bridgehead atoms. The number of ether oxygens (including phenoxy) is 3. The van der Waals surface area contributed by atoms with Crippen LogP contribution in [-0.2, 0) is 9.53 Å². The number of rotatable bonds is 17. The lowest BCUT2D eigenvalue weighted by atomic mass is 10.1. The number of amides is 5. The number of nitriles is 1. The predicted molar refractivity (Wildman–Crippen MR) is 251 cm³/mol. The van der Waals surface area contributed by atoms with Crippen molar-refractivity contribution < 1.29 is 43.0 Å². The Kier molecular flexibility index (Phi) is 16.2. The fourth-order valence-corrected chi connectivity index (χ4v) is 6.02. The van der Waals surface area contributed by atoms with E-state index in [-0.39, 0.29) is 41.2 Å². The fraction of sp³-hybridized carbons (Fsp3) is 0.196. The number of esters is 1. The highest BCUT2D eigenvalue weighted by Gasteiger charge is 2.27.